The van der Waals surface area contributed by atoms with Gasteiger partial charge in [0.1, 0.15) is 0 Å². The number of unbranched alkanes of at least 4 members (excludes halogenated alkanes) is 1. The first-order valence-corrected chi connectivity index (χ1v) is 7.38. The third-order valence-corrected chi connectivity index (χ3v) is 3.14. The van der Waals surface area contributed by atoms with E-state index in [1.807, 2.05) is 29.9 Å². The van der Waals surface area contributed by atoms with Gasteiger partial charge in [0.25, 0.3) is 0 Å². The van der Waals surface area contributed by atoms with Gasteiger partial charge in [-0.3, -0.25) is 0 Å². The van der Waals surface area contributed by atoms with Crippen LogP contribution in [-0.4, -0.2) is 48.1 Å². The molecule has 0 spiro atoms. The van der Waals surface area contributed by atoms with Gasteiger partial charge in [-0.1, -0.05) is 0 Å². The first-order valence-electron chi connectivity index (χ1n) is 7.38. The lowest BCUT2D eigenvalue weighted by molar-refractivity contribution is 0.0688. The minimum atomic E-state index is 0.667. The van der Waals surface area contributed by atoms with Crippen molar-refractivity contribution < 1.29 is 9.47 Å². The first kappa shape index (κ1) is 15.9. The second-order valence-electron chi connectivity index (χ2n) is 5.04. The van der Waals surface area contributed by atoms with Gasteiger partial charge in [0.05, 0.1) is 18.9 Å². The second-order valence-corrected chi connectivity index (χ2v) is 5.04. The van der Waals surface area contributed by atoms with Gasteiger partial charge in [-0.15, -0.1) is 0 Å². The van der Waals surface area contributed by atoms with Crippen LogP contribution in [0.1, 0.15) is 24.1 Å². The molecule has 0 aliphatic heterocycles. The zero-order valence-electron chi connectivity index (χ0n) is 12.8. The summed E-state index contributed by atoms with van der Waals surface area (Å²) >= 11 is 0. The van der Waals surface area contributed by atoms with Gasteiger partial charge in [-0.25, -0.2) is 9.50 Å². The Morgan fingerprint density at radius 1 is 1.24 bits per heavy atom. The summed E-state index contributed by atoms with van der Waals surface area (Å²) < 4.78 is 12.2. The van der Waals surface area contributed by atoms with Crippen molar-refractivity contribution in [1.29, 1.82) is 0 Å². The molecule has 0 radical (unpaired) electrons. The Kier molecular flexibility index (Phi) is 6.59. The molecule has 0 fully saturated rings. The van der Waals surface area contributed by atoms with Crippen molar-refractivity contribution in [2.45, 2.75) is 26.3 Å². The Bertz CT molecular complexity index is 541. The van der Waals surface area contributed by atoms with Crippen molar-refractivity contribution in [3.05, 3.63) is 29.7 Å². The maximum Gasteiger partial charge on any atom is 0.155 e. The Morgan fingerprint density at radius 2 is 2.14 bits per heavy atom. The summed E-state index contributed by atoms with van der Waals surface area (Å²) in [5, 5.41) is 7.78. The number of fused-ring (bicyclic) bond motifs is 1. The van der Waals surface area contributed by atoms with Gasteiger partial charge in [0.15, 0.2) is 5.65 Å². The molecule has 0 saturated carbocycles. The number of nitrogens with one attached hydrogen (secondary N) is 1. The van der Waals surface area contributed by atoms with Crippen LogP contribution < -0.4 is 5.32 Å². The molecule has 6 nitrogen and oxygen atoms in total. The summed E-state index contributed by atoms with van der Waals surface area (Å²) in [6.45, 7) is 5.90. The molecule has 1 N–H and O–H groups in total. The molecule has 116 valence electrons. The van der Waals surface area contributed by atoms with E-state index in [2.05, 4.69) is 15.4 Å². The van der Waals surface area contributed by atoms with Crippen molar-refractivity contribution in [2.75, 3.05) is 33.5 Å². The van der Waals surface area contributed by atoms with Crippen LogP contribution in [0, 0.1) is 6.92 Å². The molecule has 2 rings (SSSR count). The summed E-state index contributed by atoms with van der Waals surface area (Å²) in [7, 11) is 1.68. The molecule has 0 aromatic carbocycles. The molecule has 6 heteroatoms. The van der Waals surface area contributed by atoms with Crippen molar-refractivity contribution in [1.82, 2.24) is 19.9 Å². The highest BCUT2D eigenvalue weighted by Gasteiger charge is 2.00. The molecule has 2 heterocycles. The first-order chi connectivity index (χ1) is 10.3. The monoisotopic (exact) mass is 292 g/mol. The molecule has 0 unspecified atom stereocenters. The average Bonchev–Trinajstić information content (AvgIpc) is 2.85. The number of nitrogens with zero attached hydrogens (tertiary/aromatic N) is 3. The van der Waals surface area contributed by atoms with Crippen LogP contribution in [0.25, 0.3) is 5.65 Å². The Balaban J connectivity index is 1.59. The predicted molar refractivity (Wildman–Crippen MR) is 81.4 cm³/mol. The second kappa shape index (κ2) is 8.71. The van der Waals surface area contributed by atoms with E-state index in [0.29, 0.717) is 13.2 Å². The summed E-state index contributed by atoms with van der Waals surface area (Å²) in [4.78, 5) is 4.39. The summed E-state index contributed by atoms with van der Waals surface area (Å²) in [6.07, 6.45) is 6.09. The zero-order valence-corrected chi connectivity index (χ0v) is 12.8. The number of hydrogen-bond acceptors (Lipinski definition) is 5. The van der Waals surface area contributed by atoms with Crippen LogP contribution in [0.2, 0.25) is 0 Å². The lowest BCUT2D eigenvalue weighted by Gasteiger charge is -2.06. The molecular formula is C15H24N4O2. The van der Waals surface area contributed by atoms with E-state index in [1.54, 1.807) is 7.11 Å². The van der Waals surface area contributed by atoms with Crippen LogP contribution in [0.3, 0.4) is 0 Å². The Hall–Kier alpha value is -1.50. The molecule has 0 bridgehead atoms. The van der Waals surface area contributed by atoms with Crippen molar-refractivity contribution >= 4 is 5.65 Å². The van der Waals surface area contributed by atoms with Crippen molar-refractivity contribution in [2.24, 2.45) is 0 Å². The highest BCUT2D eigenvalue weighted by molar-refractivity contribution is 5.38. The van der Waals surface area contributed by atoms with E-state index in [-0.39, 0.29) is 0 Å². The van der Waals surface area contributed by atoms with E-state index < -0.39 is 0 Å². The standard InChI is InChI=1S/C15H24N4O2/c1-13-9-15-17-11-14(12-19(15)18-13)10-16-5-3-4-6-21-8-7-20-2/h9,11-12,16H,3-8,10H2,1-2H3. The summed E-state index contributed by atoms with van der Waals surface area (Å²) in [6, 6.07) is 1.97. The van der Waals surface area contributed by atoms with Crippen molar-refractivity contribution in [3.63, 3.8) is 0 Å². The topological polar surface area (TPSA) is 60.7 Å². The third-order valence-electron chi connectivity index (χ3n) is 3.14. The molecule has 21 heavy (non-hydrogen) atoms. The van der Waals surface area contributed by atoms with Gasteiger partial charge in [0.2, 0.25) is 0 Å². The van der Waals surface area contributed by atoms with Crippen LogP contribution >= 0.6 is 0 Å². The maximum absolute atomic E-state index is 5.42. The van der Waals surface area contributed by atoms with E-state index in [9.17, 15) is 0 Å². The molecule has 2 aromatic rings. The lowest BCUT2D eigenvalue weighted by Crippen LogP contribution is -2.16. The maximum atomic E-state index is 5.42. The number of rotatable bonds is 10. The number of methoxy groups -OCH3 is 1. The van der Waals surface area contributed by atoms with E-state index in [1.165, 1.54) is 0 Å². The van der Waals surface area contributed by atoms with Crippen LogP contribution in [-0.2, 0) is 16.0 Å². The van der Waals surface area contributed by atoms with Gasteiger partial charge in [0, 0.05) is 44.3 Å². The van der Waals surface area contributed by atoms with E-state index in [0.717, 1.165) is 49.4 Å². The van der Waals surface area contributed by atoms with E-state index in [4.69, 9.17) is 9.47 Å². The number of aromatic nitrogens is 3. The smallest absolute Gasteiger partial charge is 0.155 e. The lowest BCUT2D eigenvalue weighted by atomic mass is 10.3. The third kappa shape index (κ3) is 5.41. The molecule has 2 aromatic heterocycles. The fourth-order valence-electron chi connectivity index (χ4n) is 2.06. The minimum Gasteiger partial charge on any atom is -0.382 e. The predicted octanol–water partition coefficient (Wildman–Crippen LogP) is 1.57. The molecule has 0 atom stereocenters. The van der Waals surface area contributed by atoms with Gasteiger partial charge >= 0.3 is 0 Å². The molecule has 0 amide bonds. The minimum absolute atomic E-state index is 0.667. The van der Waals surface area contributed by atoms with Crippen LogP contribution in [0.5, 0.6) is 0 Å². The van der Waals surface area contributed by atoms with Crippen LogP contribution in [0.15, 0.2) is 18.5 Å². The highest BCUT2D eigenvalue weighted by Crippen LogP contribution is 2.04. The quantitative estimate of drug-likeness (QED) is 0.674. The van der Waals surface area contributed by atoms with Gasteiger partial charge < -0.3 is 14.8 Å². The number of aryl methyl sites for hydroxylation is 1. The summed E-state index contributed by atoms with van der Waals surface area (Å²) in [5.74, 6) is 0. The number of ether oxygens (including phenoxy) is 2. The molecular weight excluding hydrogens is 268 g/mol. The zero-order chi connectivity index (χ0) is 14.9. The Morgan fingerprint density at radius 3 is 3.00 bits per heavy atom. The fourth-order valence-corrected chi connectivity index (χ4v) is 2.06. The van der Waals surface area contributed by atoms with Crippen molar-refractivity contribution in [3.8, 4) is 0 Å². The normalized spacial score (nSPS) is 11.3. The Labute approximate surface area is 125 Å². The fraction of sp³-hybridized carbons (Fsp3) is 0.600. The molecule has 0 saturated heterocycles. The summed E-state index contributed by atoms with van der Waals surface area (Å²) in [5.41, 5.74) is 3.02. The SMILES string of the molecule is COCCOCCCCNCc1cnc2cc(C)nn2c1. The average molecular weight is 292 g/mol. The van der Waals surface area contributed by atoms with E-state index >= 15 is 0 Å². The molecule has 0 aliphatic carbocycles. The van der Waals surface area contributed by atoms with Gasteiger partial charge in [-0.05, 0) is 26.3 Å². The molecule has 0 aliphatic rings. The van der Waals surface area contributed by atoms with Crippen LogP contribution in [0.4, 0.5) is 0 Å². The number of hydrogen-bond donors (Lipinski definition) is 1. The highest BCUT2D eigenvalue weighted by atomic mass is 16.5. The largest absolute Gasteiger partial charge is 0.382 e. The van der Waals surface area contributed by atoms with Gasteiger partial charge in [-0.2, -0.15) is 5.10 Å².